The molecule has 6 nitrogen and oxygen atoms in total. The molecule has 2 aromatic rings. The van der Waals surface area contributed by atoms with E-state index in [0.717, 1.165) is 5.56 Å². The molecule has 0 radical (unpaired) electrons. The van der Waals surface area contributed by atoms with Crippen LogP contribution in [0.3, 0.4) is 0 Å². The summed E-state index contributed by atoms with van der Waals surface area (Å²) in [5, 5.41) is 29.3. The van der Waals surface area contributed by atoms with Crippen LogP contribution in [-0.2, 0) is 4.79 Å². The lowest BCUT2D eigenvalue weighted by Crippen LogP contribution is -2.34. The zero-order valence-corrected chi connectivity index (χ0v) is 11.1. The van der Waals surface area contributed by atoms with Gasteiger partial charge in [0.15, 0.2) is 0 Å². The van der Waals surface area contributed by atoms with Crippen molar-refractivity contribution in [2.24, 2.45) is 0 Å². The minimum Gasteiger partial charge on any atom is -0.388 e. The number of amides is 1. The first-order valence-corrected chi connectivity index (χ1v) is 6.29. The van der Waals surface area contributed by atoms with E-state index >= 15 is 0 Å². The van der Waals surface area contributed by atoms with Crippen molar-refractivity contribution < 1.29 is 15.0 Å². The fourth-order valence-corrected chi connectivity index (χ4v) is 1.92. The van der Waals surface area contributed by atoms with Crippen molar-refractivity contribution in [1.82, 2.24) is 15.5 Å². The van der Waals surface area contributed by atoms with E-state index in [2.05, 4.69) is 15.5 Å². The van der Waals surface area contributed by atoms with Crippen molar-refractivity contribution in [2.45, 2.75) is 19.1 Å². The topological polar surface area (TPSA) is 98.2 Å². The predicted octanol–water partition coefficient (Wildman–Crippen LogP) is 0.607. The number of H-pyrrole nitrogens is 1. The van der Waals surface area contributed by atoms with Gasteiger partial charge in [0.2, 0.25) is 5.91 Å². The summed E-state index contributed by atoms with van der Waals surface area (Å²) in [5.41, 5.74) is 2.01. The lowest BCUT2D eigenvalue weighted by Gasteiger charge is -2.18. The summed E-state index contributed by atoms with van der Waals surface area (Å²) in [6.07, 6.45) is -0.751. The fourth-order valence-electron chi connectivity index (χ4n) is 1.92. The van der Waals surface area contributed by atoms with Gasteiger partial charge in [-0.1, -0.05) is 30.3 Å². The summed E-state index contributed by atoms with van der Waals surface area (Å²) in [6.45, 7) is 1.34. The first-order valence-electron chi connectivity index (χ1n) is 6.29. The second kappa shape index (κ2) is 6.31. The molecule has 106 valence electrons. The van der Waals surface area contributed by atoms with Gasteiger partial charge in [-0.2, -0.15) is 5.10 Å². The number of aromatic amines is 1. The maximum atomic E-state index is 10.8. The molecule has 0 spiro atoms. The second-order valence-corrected chi connectivity index (χ2v) is 4.52. The van der Waals surface area contributed by atoms with E-state index in [1.54, 1.807) is 0 Å². The van der Waals surface area contributed by atoms with Gasteiger partial charge in [0.05, 0.1) is 11.9 Å². The molecule has 0 bridgehead atoms. The number of benzene rings is 1. The average Bonchev–Trinajstić information content (AvgIpc) is 2.94. The number of nitrogens with one attached hydrogen (secondary N) is 2. The minimum atomic E-state index is -1.13. The summed E-state index contributed by atoms with van der Waals surface area (Å²) in [4.78, 5) is 10.8. The van der Waals surface area contributed by atoms with Crippen LogP contribution < -0.4 is 5.32 Å². The highest BCUT2D eigenvalue weighted by molar-refractivity contribution is 5.72. The maximum Gasteiger partial charge on any atom is 0.216 e. The van der Waals surface area contributed by atoms with Gasteiger partial charge in [0.25, 0.3) is 0 Å². The van der Waals surface area contributed by atoms with E-state index in [0.29, 0.717) is 11.3 Å². The maximum absolute atomic E-state index is 10.8. The number of hydrogen-bond donors (Lipinski definition) is 4. The zero-order valence-electron chi connectivity index (χ0n) is 11.1. The summed E-state index contributed by atoms with van der Waals surface area (Å²) in [6, 6.07) is 9.40. The molecule has 20 heavy (non-hydrogen) atoms. The summed E-state index contributed by atoms with van der Waals surface area (Å²) < 4.78 is 0. The molecule has 0 aliphatic rings. The predicted molar refractivity (Wildman–Crippen MR) is 73.7 cm³/mol. The number of nitrogens with zero attached hydrogens (tertiary/aromatic N) is 1. The molecule has 1 amide bonds. The smallest absolute Gasteiger partial charge is 0.216 e. The van der Waals surface area contributed by atoms with Gasteiger partial charge in [-0.25, -0.2) is 0 Å². The van der Waals surface area contributed by atoms with Crippen LogP contribution >= 0.6 is 0 Å². The molecule has 1 aromatic heterocycles. The van der Waals surface area contributed by atoms with Crippen molar-refractivity contribution >= 4 is 5.91 Å². The Morgan fingerprint density at radius 1 is 1.35 bits per heavy atom. The lowest BCUT2D eigenvalue weighted by atomic mass is 10.0. The average molecular weight is 275 g/mol. The first kappa shape index (κ1) is 14.2. The molecule has 1 aromatic carbocycles. The Hall–Kier alpha value is -2.18. The van der Waals surface area contributed by atoms with E-state index < -0.39 is 12.2 Å². The van der Waals surface area contributed by atoms with Crippen molar-refractivity contribution in [2.75, 3.05) is 6.54 Å². The molecule has 0 aliphatic carbocycles. The summed E-state index contributed by atoms with van der Waals surface area (Å²) in [7, 11) is 0. The molecule has 0 aliphatic heterocycles. The van der Waals surface area contributed by atoms with Crippen molar-refractivity contribution in [3.05, 3.63) is 42.1 Å². The van der Waals surface area contributed by atoms with Crippen LogP contribution in [0, 0.1) is 0 Å². The van der Waals surface area contributed by atoms with Crippen LogP contribution in [0.4, 0.5) is 0 Å². The Morgan fingerprint density at radius 3 is 2.70 bits per heavy atom. The van der Waals surface area contributed by atoms with Crippen molar-refractivity contribution in [3.8, 4) is 11.3 Å². The molecule has 2 unspecified atom stereocenters. The number of rotatable bonds is 5. The number of carbonyl (C=O) groups excluding carboxylic acids is 1. The van der Waals surface area contributed by atoms with E-state index in [4.69, 9.17) is 0 Å². The third-order valence-corrected chi connectivity index (χ3v) is 2.97. The number of hydrogen-bond acceptors (Lipinski definition) is 4. The Labute approximate surface area is 116 Å². The SMILES string of the molecule is CC(=O)NCC(O)C(O)c1cn[nH]c1-c1ccccc1. The van der Waals surface area contributed by atoms with Gasteiger partial charge in [0, 0.05) is 19.0 Å². The van der Waals surface area contributed by atoms with Gasteiger partial charge in [-0.3, -0.25) is 9.89 Å². The van der Waals surface area contributed by atoms with E-state index in [-0.39, 0.29) is 12.5 Å². The Balaban J connectivity index is 2.17. The molecule has 6 heteroatoms. The van der Waals surface area contributed by atoms with Crippen LogP contribution in [0.2, 0.25) is 0 Å². The van der Waals surface area contributed by atoms with Crippen LogP contribution in [0.1, 0.15) is 18.6 Å². The molecule has 4 N–H and O–H groups in total. The van der Waals surface area contributed by atoms with E-state index in [1.165, 1.54) is 13.1 Å². The van der Waals surface area contributed by atoms with Gasteiger partial charge in [0.1, 0.15) is 12.2 Å². The Bertz CT molecular complexity index is 568. The summed E-state index contributed by atoms with van der Waals surface area (Å²) in [5.74, 6) is -0.258. The van der Waals surface area contributed by atoms with Gasteiger partial charge in [-0.15, -0.1) is 0 Å². The normalized spacial score (nSPS) is 13.8. The number of carbonyl (C=O) groups is 1. The molecule has 2 rings (SSSR count). The number of aliphatic hydroxyl groups is 2. The standard InChI is InChI=1S/C14H17N3O3/c1-9(18)15-8-12(19)14(20)11-7-16-17-13(11)10-5-3-2-4-6-10/h2-7,12,14,19-20H,8H2,1H3,(H,15,18)(H,16,17). The number of aliphatic hydroxyl groups excluding tert-OH is 2. The van der Waals surface area contributed by atoms with Gasteiger partial charge >= 0.3 is 0 Å². The lowest BCUT2D eigenvalue weighted by molar-refractivity contribution is -0.119. The Morgan fingerprint density at radius 2 is 2.05 bits per heavy atom. The first-order chi connectivity index (χ1) is 9.59. The zero-order chi connectivity index (χ0) is 14.5. The molecule has 0 fully saturated rings. The third-order valence-electron chi connectivity index (χ3n) is 2.97. The molecule has 1 heterocycles. The van der Waals surface area contributed by atoms with Crippen LogP contribution in [-0.4, -0.2) is 39.0 Å². The van der Waals surface area contributed by atoms with Crippen molar-refractivity contribution in [1.29, 1.82) is 0 Å². The summed E-state index contributed by atoms with van der Waals surface area (Å²) >= 11 is 0. The molecular formula is C14H17N3O3. The van der Waals surface area contributed by atoms with Gasteiger partial charge < -0.3 is 15.5 Å². The molecule has 0 saturated carbocycles. The largest absolute Gasteiger partial charge is 0.388 e. The number of aromatic nitrogens is 2. The quantitative estimate of drug-likeness (QED) is 0.642. The fraction of sp³-hybridized carbons (Fsp3) is 0.286. The van der Waals surface area contributed by atoms with Crippen LogP contribution in [0.25, 0.3) is 11.3 Å². The van der Waals surface area contributed by atoms with E-state index in [1.807, 2.05) is 30.3 Å². The minimum absolute atomic E-state index is 0.0179. The Kier molecular flexibility index (Phi) is 4.49. The third kappa shape index (κ3) is 3.23. The molecule has 0 saturated heterocycles. The highest BCUT2D eigenvalue weighted by Crippen LogP contribution is 2.27. The van der Waals surface area contributed by atoms with E-state index in [9.17, 15) is 15.0 Å². The van der Waals surface area contributed by atoms with Crippen molar-refractivity contribution in [3.63, 3.8) is 0 Å². The van der Waals surface area contributed by atoms with Crippen LogP contribution in [0.5, 0.6) is 0 Å². The van der Waals surface area contributed by atoms with Gasteiger partial charge in [-0.05, 0) is 5.56 Å². The van der Waals surface area contributed by atoms with Crippen LogP contribution in [0.15, 0.2) is 36.5 Å². The second-order valence-electron chi connectivity index (χ2n) is 4.52. The monoisotopic (exact) mass is 275 g/mol. The molecule has 2 atom stereocenters. The highest BCUT2D eigenvalue weighted by atomic mass is 16.3. The molecular weight excluding hydrogens is 258 g/mol. The highest BCUT2D eigenvalue weighted by Gasteiger charge is 2.23.